The molecule has 1 heterocycles. The van der Waals surface area contributed by atoms with Gasteiger partial charge in [0, 0.05) is 18.3 Å². The number of anilines is 1. The van der Waals surface area contributed by atoms with Gasteiger partial charge in [-0.1, -0.05) is 19.9 Å². The van der Waals surface area contributed by atoms with Crippen LogP contribution < -0.4 is 11.1 Å². The summed E-state index contributed by atoms with van der Waals surface area (Å²) in [5.41, 5.74) is 8.17. The third-order valence-corrected chi connectivity index (χ3v) is 2.52. The first-order valence-corrected chi connectivity index (χ1v) is 5.66. The van der Waals surface area contributed by atoms with Crippen LogP contribution in [0.2, 0.25) is 0 Å². The molecule has 0 saturated carbocycles. The summed E-state index contributed by atoms with van der Waals surface area (Å²) in [5, 5.41) is 3.27. The fourth-order valence-corrected chi connectivity index (χ4v) is 1.54. The van der Waals surface area contributed by atoms with E-state index < -0.39 is 0 Å². The molecule has 1 aromatic heterocycles. The molecule has 0 aliphatic heterocycles. The van der Waals surface area contributed by atoms with E-state index in [1.54, 1.807) is 0 Å². The zero-order valence-electron chi connectivity index (χ0n) is 9.88. The van der Waals surface area contributed by atoms with Gasteiger partial charge in [-0.15, -0.1) is 0 Å². The molecule has 84 valence electrons. The van der Waals surface area contributed by atoms with Gasteiger partial charge in [-0.05, 0) is 31.4 Å². The van der Waals surface area contributed by atoms with Gasteiger partial charge in [-0.25, -0.2) is 4.98 Å². The summed E-state index contributed by atoms with van der Waals surface area (Å²) in [7, 11) is 0. The minimum absolute atomic E-state index is 0.109. The van der Waals surface area contributed by atoms with E-state index in [2.05, 4.69) is 30.2 Å². The molecule has 0 saturated heterocycles. The molecule has 3 heteroatoms. The summed E-state index contributed by atoms with van der Waals surface area (Å²) in [6.45, 7) is 7.21. The number of pyridine rings is 1. The highest BCUT2D eigenvalue weighted by Gasteiger charge is 2.07. The first kappa shape index (κ1) is 12.0. The van der Waals surface area contributed by atoms with Crippen LogP contribution in [-0.2, 0) is 0 Å². The molecule has 0 aromatic carbocycles. The van der Waals surface area contributed by atoms with Gasteiger partial charge in [0.25, 0.3) is 0 Å². The van der Waals surface area contributed by atoms with Crippen molar-refractivity contribution in [3.63, 3.8) is 0 Å². The van der Waals surface area contributed by atoms with E-state index in [0.717, 1.165) is 36.5 Å². The fourth-order valence-electron chi connectivity index (χ4n) is 1.54. The van der Waals surface area contributed by atoms with Gasteiger partial charge in [0.1, 0.15) is 5.82 Å². The molecule has 3 nitrogen and oxygen atoms in total. The van der Waals surface area contributed by atoms with Gasteiger partial charge in [-0.3, -0.25) is 0 Å². The number of rotatable bonds is 5. The molecular formula is C12H21N3. The van der Waals surface area contributed by atoms with Crippen molar-refractivity contribution in [2.75, 3.05) is 11.9 Å². The van der Waals surface area contributed by atoms with Crippen molar-refractivity contribution < 1.29 is 0 Å². The van der Waals surface area contributed by atoms with Crippen LogP contribution in [0.25, 0.3) is 0 Å². The van der Waals surface area contributed by atoms with Gasteiger partial charge >= 0.3 is 0 Å². The van der Waals surface area contributed by atoms with Crippen LogP contribution in [0.4, 0.5) is 5.82 Å². The van der Waals surface area contributed by atoms with Crippen LogP contribution in [0.5, 0.6) is 0 Å². The molecule has 0 radical (unpaired) electrons. The predicted molar refractivity (Wildman–Crippen MR) is 65.0 cm³/mol. The first-order chi connectivity index (χ1) is 7.19. The largest absolute Gasteiger partial charge is 0.370 e. The van der Waals surface area contributed by atoms with Gasteiger partial charge in [-0.2, -0.15) is 0 Å². The van der Waals surface area contributed by atoms with Gasteiger partial charge < -0.3 is 11.1 Å². The average Bonchev–Trinajstić information content (AvgIpc) is 2.25. The molecule has 0 fully saturated rings. The molecule has 0 spiro atoms. The molecule has 1 unspecified atom stereocenters. The molecular weight excluding hydrogens is 186 g/mol. The number of aryl methyl sites for hydroxylation is 1. The molecule has 0 aliphatic rings. The lowest BCUT2D eigenvalue weighted by atomic mass is 10.0. The average molecular weight is 207 g/mol. The quantitative estimate of drug-likeness (QED) is 0.780. The molecule has 1 atom stereocenters. The Balaban J connectivity index is 2.78. The van der Waals surface area contributed by atoms with E-state index in [1.807, 2.05) is 13.0 Å². The summed E-state index contributed by atoms with van der Waals surface area (Å²) in [4.78, 5) is 4.49. The lowest BCUT2D eigenvalue weighted by molar-refractivity contribution is 0.689. The van der Waals surface area contributed by atoms with Crippen molar-refractivity contribution in [2.45, 2.75) is 39.7 Å². The van der Waals surface area contributed by atoms with Crippen molar-refractivity contribution in [3.8, 4) is 0 Å². The Morgan fingerprint density at radius 3 is 2.67 bits per heavy atom. The van der Waals surface area contributed by atoms with Crippen LogP contribution >= 0.6 is 0 Å². The Hall–Kier alpha value is -1.09. The van der Waals surface area contributed by atoms with Crippen LogP contribution in [0.15, 0.2) is 12.1 Å². The third-order valence-electron chi connectivity index (χ3n) is 2.52. The Morgan fingerprint density at radius 1 is 1.40 bits per heavy atom. The Morgan fingerprint density at radius 2 is 2.13 bits per heavy atom. The van der Waals surface area contributed by atoms with Crippen LogP contribution in [-0.4, -0.2) is 11.5 Å². The van der Waals surface area contributed by atoms with E-state index in [1.165, 1.54) is 0 Å². The molecule has 0 amide bonds. The molecule has 1 rings (SSSR count). The molecule has 1 aromatic rings. The Labute approximate surface area is 92.1 Å². The number of nitrogens with two attached hydrogens (primary N) is 1. The second-order valence-electron chi connectivity index (χ2n) is 3.81. The fraction of sp³-hybridized carbons (Fsp3) is 0.583. The highest BCUT2D eigenvalue weighted by Crippen LogP contribution is 2.18. The Kier molecular flexibility index (Phi) is 4.56. The molecule has 15 heavy (non-hydrogen) atoms. The highest BCUT2D eigenvalue weighted by molar-refractivity contribution is 5.39. The number of nitrogens with zero attached hydrogens (tertiary/aromatic N) is 1. The number of hydrogen-bond acceptors (Lipinski definition) is 3. The minimum Gasteiger partial charge on any atom is -0.370 e. The smallest absolute Gasteiger partial charge is 0.126 e. The van der Waals surface area contributed by atoms with Crippen molar-refractivity contribution in [1.82, 2.24) is 4.98 Å². The summed E-state index contributed by atoms with van der Waals surface area (Å²) in [5.74, 6) is 0.946. The summed E-state index contributed by atoms with van der Waals surface area (Å²) in [6.07, 6.45) is 2.06. The monoisotopic (exact) mass is 207 g/mol. The predicted octanol–water partition coefficient (Wildman–Crippen LogP) is 2.62. The maximum Gasteiger partial charge on any atom is 0.126 e. The van der Waals surface area contributed by atoms with Gasteiger partial charge in [0.15, 0.2) is 0 Å². The lowest BCUT2D eigenvalue weighted by Crippen LogP contribution is -2.12. The molecule has 0 aliphatic carbocycles. The maximum atomic E-state index is 5.98. The van der Waals surface area contributed by atoms with E-state index in [4.69, 9.17) is 5.73 Å². The second-order valence-corrected chi connectivity index (χ2v) is 3.81. The van der Waals surface area contributed by atoms with Crippen molar-refractivity contribution >= 4 is 5.82 Å². The second kappa shape index (κ2) is 5.71. The van der Waals surface area contributed by atoms with Crippen molar-refractivity contribution in [3.05, 3.63) is 23.4 Å². The molecule has 0 bridgehead atoms. The van der Waals surface area contributed by atoms with Crippen molar-refractivity contribution in [1.29, 1.82) is 0 Å². The summed E-state index contributed by atoms with van der Waals surface area (Å²) >= 11 is 0. The SMILES string of the molecule is CCCNc1ccc(C(N)CC)c(C)n1. The standard InChI is InChI=1S/C12H21N3/c1-4-8-14-12-7-6-10(9(3)15-12)11(13)5-2/h6-7,11H,4-5,8,13H2,1-3H3,(H,14,15). The third kappa shape index (κ3) is 3.20. The highest BCUT2D eigenvalue weighted by atomic mass is 15.0. The van der Waals surface area contributed by atoms with Gasteiger partial charge in [0.05, 0.1) is 0 Å². The van der Waals surface area contributed by atoms with Crippen LogP contribution in [0, 0.1) is 6.92 Å². The van der Waals surface area contributed by atoms with Crippen LogP contribution in [0.3, 0.4) is 0 Å². The minimum atomic E-state index is 0.109. The van der Waals surface area contributed by atoms with Gasteiger partial charge in [0.2, 0.25) is 0 Å². The topological polar surface area (TPSA) is 50.9 Å². The van der Waals surface area contributed by atoms with Crippen molar-refractivity contribution in [2.24, 2.45) is 5.73 Å². The summed E-state index contributed by atoms with van der Waals surface area (Å²) < 4.78 is 0. The number of aromatic nitrogens is 1. The molecule has 3 N–H and O–H groups in total. The zero-order valence-corrected chi connectivity index (χ0v) is 9.88. The first-order valence-electron chi connectivity index (χ1n) is 5.66. The lowest BCUT2D eigenvalue weighted by Gasteiger charge is -2.13. The van der Waals surface area contributed by atoms with Crippen LogP contribution in [0.1, 0.15) is 44.0 Å². The zero-order chi connectivity index (χ0) is 11.3. The Bertz CT molecular complexity index is 310. The van der Waals surface area contributed by atoms with E-state index in [-0.39, 0.29) is 6.04 Å². The van der Waals surface area contributed by atoms with E-state index in [0.29, 0.717) is 0 Å². The maximum absolute atomic E-state index is 5.98. The van der Waals surface area contributed by atoms with E-state index in [9.17, 15) is 0 Å². The normalized spacial score (nSPS) is 12.5. The number of nitrogens with one attached hydrogen (secondary N) is 1. The summed E-state index contributed by atoms with van der Waals surface area (Å²) in [6, 6.07) is 4.19. The number of hydrogen-bond donors (Lipinski definition) is 2. The van der Waals surface area contributed by atoms with E-state index >= 15 is 0 Å².